The SMILES string of the molecule is CNCC(=O)c1c(Cl)cccc1COC. The molecular formula is C11H14ClNO2. The van der Waals surface area contributed by atoms with Gasteiger partial charge in [-0.1, -0.05) is 23.7 Å². The number of ether oxygens (including phenoxy) is 1. The van der Waals surface area contributed by atoms with E-state index in [2.05, 4.69) is 5.32 Å². The molecule has 0 bridgehead atoms. The van der Waals surface area contributed by atoms with E-state index in [-0.39, 0.29) is 12.3 Å². The number of hydrogen-bond acceptors (Lipinski definition) is 3. The lowest BCUT2D eigenvalue weighted by Crippen LogP contribution is -2.20. The van der Waals surface area contributed by atoms with Crippen LogP contribution in [-0.4, -0.2) is 26.5 Å². The van der Waals surface area contributed by atoms with E-state index >= 15 is 0 Å². The molecule has 1 rings (SSSR count). The lowest BCUT2D eigenvalue weighted by molar-refractivity contribution is 0.0989. The quantitative estimate of drug-likeness (QED) is 0.781. The minimum absolute atomic E-state index is 0.0184. The molecule has 4 heteroatoms. The van der Waals surface area contributed by atoms with E-state index in [9.17, 15) is 4.79 Å². The number of nitrogens with one attached hydrogen (secondary N) is 1. The van der Waals surface area contributed by atoms with Crippen molar-refractivity contribution in [3.05, 3.63) is 34.3 Å². The molecule has 0 aliphatic carbocycles. The van der Waals surface area contributed by atoms with E-state index in [1.54, 1.807) is 20.2 Å². The Kier molecular flexibility index (Phi) is 4.75. The van der Waals surface area contributed by atoms with Crippen molar-refractivity contribution in [2.75, 3.05) is 20.7 Å². The molecule has 1 N–H and O–H groups in total. The van der Waals surface area contributed by atoms with E-state index in [1.165, 1.54) is 0 Å². The molecule has 0 aliphatic rings. The summed E-state index contributed by atoms with van der Waals surface area (Å²) in [6.07, 6.45) is 0. The van der Waals surface area contributed by atoms with Crippen LogP contribution in [0.15, 0.2) is 18.2 Å². The molecular weight excluding hydrogens is 214 g/mol. The van der Waals surface area contributed by atoms with Crippen LogP contribution in [0.4, 0.5) is 0 Å². The summed E-state index contributed by atoms with van der Waals surface area (Å²) in [5.41, 5.74) is 1.38. The van der Waals surface area contributed by atoms with Crippen LogP contribution in [-0.2, 0) is 11.3 Å². The van der Waals surface area contributed by atoms with Crippen LogP contribution >= 0.6 is 11.6 Å². The number of carbonyl (C=O) groups is 1. The fraction of sp³-hybridized carbons (Fsp3) is 0.364. The number of hydrogen-bond donors (Lipinski definition) is 1. The highest BCUT2D eigenvalue weighted by molar-refractivity contribution is 6.34. The summed E-state index contributed by atoms with van der Waals surface area (Å²) in [5, 5.41) is 3.29. The van der Waals surface area contributed by atoms with Crippen molar-refractivity contribution >= 4 is 17.4 Å². The maximum atomic E-state index is 11.8. The number of carbonyl (C=O) groups excluding carboxylic acids is 1. The normalized spacial score (nSPS) is 10.3. The molecule has 0 saturated carbocycles. The number of Topliss-reactive ketones (excluding diaryl/α,β-unsaturated/α-hetero) is 1. The molecule has 1 aromatic carbocycles. The zero-order chi connectivity index (χ0) is 11.3. The van der Waals surface area contributed by atoms with Gasteiger partial charge in [0.05, 0.1) is 18.2 Å². The smallest absolute Gasteiger partial charge is 0.178 e. The Labute approximate surface area is 94.4 Å². The first-order chi connectivity index (χ1) is 7.20. The molecule has 0 aromatic heterocycles. The fourth-order valence-electron chi connectivity index (χ4n) is 1.41. The molecule has 82 valence electrons. The average molecular weight is 228 g/mol. The van der Waals surface area contributed by atoms with Gasteiger partial charge in [0.15, 0.2) is 5.78 Å². The second kappa shape index (κ2) is 5.85. The predicted octanol–water partition coefficient (Wildman–Crippen LogP) is 1.89. The van der Waals surface area contributed by atoms with E-state index < -0.39 is 0 Å². The van der Waals surface area contributed by atoms with Crippen LogP contribution in [0.5, 0.6) is 0 Å². The van der Waals surface area contributed by atoms with Gasteiger partial charge in [0, 0.05) is 12.7 Å². The van der Waals surface area contributed by atoms with Crippen molar-refractivity contribution in [1.82, 2.24) is 5.32 Å². The van der Waals surface area contributed by atoms with Crippen LogP contribution in [0.2, 0.25) is 5.02 Å². The van der Waals surface area contributed by atoms with Crippen molar-refractivity contribution < 1.29 is 9.53 Å². The van der Waals surface area contributed by atoms with Crippen molar-refractivity contribution in [1.29, 1.82) is 0 Å². The Morgan fingerprint density at radius 1 is 1.53 bits per heavy atom. The number of benzene rings is 1. The Morgan fingerprint density at radius 2 is 2.27 bits per heavy atom. The number of rotatable bonds is 5. The first kappa shape index (κ1) is 12.2. The zero-order valence-electron chi connectivity index (χ0n) is 8.84. The van der Waals surface area contributed by atoms with E-state index in [1.807, 2.05) is 12.1 Å². The number of halogens is 1. The van der Waals surface area contributed by atoms with Gasteiger partial charge in [-0.15, -0.1) is 0 Å². The maximum absolute atomic E-state index is 11.8. The minimum atomic E-state index is -0.0184. The lowest BCUT2D eigenvalue weighted by Gasteiger charge is -2.09. The Morgan fingerprint density at radius 3 is 2.87 bits per heavy atom. The van der Waals surface area contributed by atoms with Gasteiger partial charge >= 0.3 is 0 Å². The van der Waals surface area contributed by atoms with Crippen molar-refractivity contribution in [3.63, 3.8) is 0 Å². The van der Waals surface area contributed by atoms with Gasteiger partial charge in [0.2, 0.25) is 0 Å². The predicted molar refractivity (Wildman–Crippen MR) is 60.4 cm³/mol. The standard InChI is InChI=1S/C11H14ClNO2/c1-13-6-10(14)11-8(7-15-2)4-3-5-9(11)12/h3-5,13H,6-7H2,1-2H3. The lowest BCUT2D eigenvalue weighted by atomic mass is 10.0. The highest BCUT2D eigenvalue weighted by Crippen LogP contribution is 2.21. The summed E-state index contributed by atoms with van der Waals surface area (Å²) in [4.78, 5) is 11.8. The first-order valence-corrected chi connectivity index (χ1v) is 5.02. The maximum Gasteiger partial charge on any atom is 0.178 e. The molecule has 0 amide bonds. The number of methoxy groups -OCH3 is 1. The van der Waals surface area contributed by atoms with Crippen LogP contribution in [0.3, 0.4) is 0 Å². The first-order valence-electron chi connectivity index (χ1n) is 4.64. The van der Waals surface area contributed by atoms with Crippen LogP contribution < -0.4 is 5.32 Å². The molecule has 3 nitrogen and oxygen atoms in total. The van der Waals surface area contributed by atoms with Crippen molar-refractivity contribution in [2.24, 2.45) is 0 Å². The topological polar surface area (TPSA) is 38.3 Å². The Bertz CT molecular complexity index is 352. The van der Waals surface area contributed by atoms with Gasteiger partial charge < -0.3 is 10.1 Å². The van der Waals surface area contributed by atoms with Crippen LogP contribution in [0.1, 0.15) is 15.9 Å². The van der Waals surface area contributed by atoms with Gasteiger partial charge in [-0.25, -0.2) is 0 Å². The molecule has 15 heavy (non-hydrogen) atoms. The fourth-order valence-corrected chi connectivity index (χ4v) is 1.71. The third-order valence-electron chi connectivity index (χ3n) is 2.02. The third kappa shape index (κ3) is 3.02. The molecule has 0 saturated heterocycles. The molecule has 0 spiro atoms. The Balaban J connectivity index is 3.06. The summed E-state index contributed by atoms with van der Waals surface area (Å²) in [7, 11) is 3.32. The van der Waals surface area contributed by atoms with Gasteiger partial charge in [-0.2, -0.15) is 0 Å². The van der Waals surface area contributed by atoms with E-state index in [0.717, 1.165) is 5.56 Å². The van der Waals surface area contributed by atoms with Gasteiger partial charge in [0.1, 0.15) is 0 Å². The number of ketones is 1. The molecule has 0 radical (unpaired) electrons. The second-order valence-electron chi connectivity index (χ2n) is 3.16. The number of likely N-dealkylation sites (N-methyl/N-ethyl adjacent to an activating group) is 1. The van der Waals surface area contributed by atoms with Gasteiger partial charge in [0.25, 0.3) is 0 Å². The van der Waals surface area contributed by atoms with Crippen LogP contribution in [0.25, 0.3) is 0 Å². The molecule has 0 unspecified atom stereocenters. The Hall–Kier alpha value is -0.900. The summed E-state index contributed by atoms with van der Waals surface area (Å²) in [6, 6.07) is 5.37. The summed E-state index contributed by atoms with van der Waals surface area (Å²) in [6.45, 7) is 0.672. The van der Waals surface area contributed by atoms with Crippen molar-refractivity contribution in [3.8, 4) is 0 Å². The largest absolute Gasteiger partial charge is 0.380 e. The van der Waals surface area contributed by atoms with Gasteiger partial charge in [-0.3, -0.25) is 4.79 Å². The zero-order valence-corrected chi connectivity index (χ0v) is 9.60. The summed E-state index contributed by atoms with van der Waals surface area (Å²) >= 11 is 5.99. The molecule has 0 atom stereocenters. The summed E-state index contributed by atoms with van der Waals surface area (Å²) < 4.78 is 5.02. The minimum Gasteiger partial charge on any atom is -0.380 e. The average Bonchev–Trinajstić information content (AvgIpc) is 2.18. The summed E-state index contributed by atoms with van der Waals surface area (Å²) in [5.74, 6) is -0.0184. The van der Waals surface area contributed by atoms with Gasteiger partial charge in [-0.05, 0) is 18.7 Å². The third-order valence-corrected chi connectivity index (χ3v) is 2.33. The van der Waals surface area contributed by atoms with Crippen molar-refractivity contribution in [2.45, 2.75) is 6.61 Å². The molecule has 0 heterocycles. The molecule has 0 aliphatic heterocycles. The van der Waals surface area contributed by atoms with Crippen LogP contribution in [0, 0.1) is 0 Å². The highest BCUT2D eigenvalue weighted by Gasteiger charge is 2.14. The van der Waals surface area contributed by atoms with E-state index in [0.29, 0.717) is 17.2 Å². The molecule has 1 aromatic rings. The highest BCUT2D eigenvalue weighted by atomic mass is 35.5. The monoisotopic (exact) mass is 227 g/mol. The second-order valence-corrected chi connectivity index (χ2v) is 3.57. The molecule has 0 fully saturated rings. The van der Waals surface area contributed by atoms with E-state index in [4.69, 9.17) is 16.3 Å².